The highest BCUT2D eigenvalue weighted by Gasteiger charge is 2.25. The zero-order chi connectivity index (χ0) is 13.9. The average molecular weight is 275 g/mol. The van der Waals surface area contributed by atoms with Crippen LogP contribution in [0, 0.1) is 0 Å². The average Bonchev–Trinajstić information content (AvgIpc) is 2.41. The van der Waals surface area contributed by atoms with Gasteiger partial charge in [-0.15, -0.1) is 0 Å². The first kappa shape index (κ1) is 12.9. The van der Waals surface area contributed by atoms with Crippen LogP contribution in [0.3, 0.4) is 0 Å². The third-order valence-corrected chi connectivity index (χ3v) is 3.60. The predicted octanol–water partition coefficient (Wildman–Crippen LogP) is 4.04. The molecule has 2 aromatic rings. The summed E-state index contributed by atoms with van der Waals surface area (Å²) in [5, 5.41) is 3.20. The monoisotopic (exact) mass is 275 g/mol. The Balaban J connectivity index is 1.65. The maximum absolute atomic E-state index is 12.3. The Kier molecular flexibility index (Phi) is 3.54. The maximum Gasteiger partial charge on any atom is 0.387 e. The predicted molar refractivity (Wildman–Crippen MR) is 74.5 cm³/mol. The second kappa shape index (κ2) is 5.49. The minimum absolute atomic E-state index is 0.190. The van der Waals surface area contributed by atoms with E-state index in [-0.39, 0.29) is 5.75 Å². The van der Waals surface area contributed by atoms with Gasteiger partial charge in [-0.1, -0.05) is 36.4 Å². The summed E-state index contributed by atoms with van der Waals surface area (Å²) >= 11 is 0. The van der Waals surface area contributed by atoms with Crippen LogP contribution in [0.25, 0.3) is 0 Å². The van der Waals surface area contributed by atoms with E-state index < -0.39 is 6.61 Å². The van der Waals surface area contributed by atoms with Crippen molar-refractivity contribution in [2.75, 3.05) is 11.9 Å². The second-order valence-corrected chi connectivity index (χ2v) is 4.86. The van der Waals surface area contributed by atoms with Gasteiger partial charge in [0.1, 0.15) is 5.75 Å². The summed E-state index contributed by atoms with van der Waals surface area (Å²) in [5.41, 5.74) is 3.32. The van der Waals surface area contributed by atoms with Crippen molar-refractivity contribution in [2.24, 2.45) is 0 Å². The van der Waals surface area contributed by atoms with Crippen LogP contribution in [-0.2, 0) is 6.42 Å². The quantitative estimate of drug-likeness (QED) is 0.889. The van der Waals surface area contributed by atoms with Crippen molar-refractivity contribution in [3.05, 3.63) is 59.7 Å². The van der Waals surface area contributed by atoms with Crippen molar-refractivity contribution < 1.29 is 13.5 Å². The summed E-state index contributed by atoms with van der Waals surface area (Å²) in [6.45, 7) is -2.08. The van der Waals surface area contributed by atoms with Crippen LogP contribution in [0.4, 0.5) is 14.5 Å². The molecule has 0 aromatic heterocycles. The SMILES string of the molecule is FC(F)Oc1ccccc1NCC1Cc2ccccc21. The smallest absolute Gasteiger partial charge is 0.387 e. The highest BCUT2D eigenvalue weighted by Crippen LogP contribution is 2.35. The molecule has 1 aliphatic carbocycles. The normalized spacial score (nSPS) is 16.4. The first-order valence-electron chi connectivity index (χ1n) is 6.59. The lowest BCUT2D eigenvalue weighted by molar-refractivity contribution is -0.0493. The number of nitrogens with one attached hydrogen (secondary N) is 1. The number of halogens is 2. The first-order valence-corrected chi connectivity index (χ1v) is 6.59. The van der Waals surface area contributed by atoms with Crippen LogP contribution in [0.1, 0.15) is 17.0 Å². The molecule has 0 radical (unpaired) electrons. The van der Waals surface area contributed by atoms with Crippen LogP contribution in [-0.4, -0.2) is 13.2 Å². The Hall–Kier alpha value is -2.10. The number of alkyl halides is 2. The zero-order valence-electron chi connectivity index (χ0n) is 10.9. The van der Waals surface area contributed by atoms with Gasteiger partial charge in [-0.2, -0.15) is 8.78 Å². The van der Waals surface area contributed by atoms with E-state index in [9.17, 15) is 8.78 Å². The third kappa shape index (κ3) is 2.59. The molecule has 0 spiro atoms. The van der Waals surface area contributed by atoms with Crippen LogP contribution < -0.4 is 10.1 Å². The highest BCUT2D eigenvalue weighted by molar-refractivity contribution is 5.57. The molecule has 0 aliphatic heterocycles. The van der Waals surface area contributed by atoms with E-state index in [1.807, 2.05) is 12.1 Å². The van der Waals surface area contributed by atoms with Crippen molar-refractivity contribution >= 4 is 5.69 Å². The number of hydrogen-bond acceptors (Lipinski definition) is 2. The van der Waals surface area contributed by atoms with Gasteiger partial charge in [-0.25, -0.2) is 0 Å². The number of anilines is 1. The molecule has 20 heavy (non-hydrogen) atoms. The number of para-hydroxylation sites is 2. The fourth-order valence-corrected chi connectivity index (χ4v) is 2.59. The standard InChI is InChI=1S/C16H15F2NO/c17-16(18)20-15-8-4-3-7-14(15)19-10-12-9-11-5-1-2-6-13(11)12/h1-8,12,16,19H,9-10H2. The molecule has 104 valence electrons. The van der Waals surface area contributed by atoms with E-state index in [1.54, 1.807) is 24.3 Å². The van der Waals surface area contributed by atoms with E-state index in [2.05, 4.69) is 22.2 Å². The summed E-state index contributed by atoms with van der Waals surface area (Å²) in [6.07, 6.45) is 1.03. The van der Waals surface area contributed by atoms with Crippen molar-refractivity contribution in [2.45, 2.75) is 19.0 Å². The van der Waals surface area contributed by atoms with Gasteiger partial charge in [0.25, 0.3) is 0 Å². The molecule has 4 heteroatoms. The van der Waals surface area contributed by atoms with Crippen LogP contribution in [0.15, 0.2) is 48.5 Å². The summed E-state index contributed by atoms with van der Waals surface area (Å²) < 4.78 is 29.2. The van der Waals surface area contributed by atoms with Crippen LogP contribution in [0.2, 0.25) is 0 Å². The van der Waals surface area contributed by atoms with Gasteiger partial charge in [-0.05, 0) is 29.7 Å². The largest absolute Gasteiger partial charge is 0.433 e. The van der Waals surface area contributed by atoms with Gasteiger partial charge in [0, 0.05) is 12.5 Å². The van der Waals surface area contributed by atoms with E-state index in [1.165, 1.54) is 11.1 Å². The number of rotatable bonds is 5. The van der Waals surface area contributed by atoms with Crippen molar-refractivity contribution in [1.29, 1.82) is 0 Å². The Morgan fingerprint density at radius 3 is 2.65 bits per heavy atom. The van der Waals surface area contributed by atoms with Crippen LogP contribution >= 0.6 is 0 Å². The molecule has 2 aromatic carbocycles. The fraction of sp³-hybridized carbons (Fsp3) is 0.250. The fourth-order valence-electron chi connectivity index (χ4n) is 2.59. The van der Waals surface area contributed by atoms with E-state index in [0.717, 1.165) is 13.0 Å². The van der Waals surface area contributed by atoms with E-state index in [4.69, 9.17) is 0 Å². The Labute approximate surface area is 116 Å². The lowest BCUT2D eigenvalue weighted by Crippen LogP contribution is -2.24. The van der Waals surface area contributed by atoms with Crippen molar-refractivity contribution in [3.8, 4) is 5.75 Å². The Morgan fingerprint density at radius 2 is 1.85 bits per heavy atom. The molecule has 1 atom stereocenters. The summed E-state index contributed by atoms with van der Waals surface area (Å²) in [7, 11) is 0. The number of fused-ring (bicyclic) bond motifs is 1. The second-order valence-electron chi connectivity index (χ2n) is 4.86. The van der Waals surface area contributed by atoms with Gasteiger partial charge in [0.15, 0.2) is 0 Å². The maximum atomic E-state index is 12.3. The van der Waals surface area contributed by atoms with Gasteiger partial charge < -0.3 is 10.1 Å². The van der Waals surface area contributed by atoms with Gasteiger partial charge in [0.2, 0.25) is 0 Å². The lowest BCUT2D eigenvalue weighted by atomic mass is 9.77. The molecule has 2 nitrogen and oxygen atoms in total. The molecule has 0 saturated carbocycles. The summed E-state index contributed by atoms with van der Waals surface area (Å²) in [5.74, 6) is 0.626. The lowest BCUT2D eigenvalue weighted by Gasteiger charge is -2.30. The molecule has 3 rings (SSSR count). The topological polar surface area (TPSA) is 21.3 Å². The Morgan fingerprint density at radius 1 is 1.10 bits per heavy atom. The minimum Gasteiger partial charge on any atom is -0.433 e. The number of ether oxygens (including phenoxy) is 1. The molecular formula is C16H15F2NO. The zero-order valence-corrected chi connectivity index (χ0v) is 10.9. The third-order valence-electron chi connectivity index (χ3n) is 3.60. The van der Waals surface area contributed by atoms with Gasteiger partial charge in [-0.3, -0.25) is 0 Å². The molecule has 1 unspecified atom stereocenters. The highest BCUT2D eigenvalue weighted by atomic mass is 19.3. The molecule has 0 saturated heterocycles. The van der Waals surface area contributed by atoms with E-state index >= 15 is 0 Å². The minimum atomic E-state index is -2.80. The molecule has 0 amide bonds. The van der Waals surface area contributed by atoms with Crippen molar-refractivity contribution in [1.82, 2.24) is 0 Å². The molecular weight excluding hydrogens is 260 g/mol. The van der Waals surface area contributed by atoms with Crippen molar-refractivity contribution in [3.63, 3.8) is 0 Å². The molecule has 0 heterocycles. The summed E-state index contributed by atoms with van der Waals surface area (Å²) in [4.78, 5) is 0. The number of hydrogen-bond donors (Lipinski definition) is 1. The molecule has 0 bridgehead atoms. The van der Waals surface area contributed by atoms with Gasteiger partial charge >= 0.3 is 6.61 Å². The molecule has 1 N–H and O–H groups in total. The van der Waals surface area contributed by atoms with Crippen LogP contribution in [0.5, 0.6) is 5.75 Å². The number of benzene rings is 2. The van der Waals surface area contributed by atoms with Gasteiger partial charge in [0.05, 0.1) is 5.69 Å². The molecule has 1 aliphatic rings. The summed E-state index contributed by atoms with van der Waals surface area (Å²) in [6, 6.07) is 15.1. The first-order chi connectivity index (χ1) is 9.74. The van der Waals surface area contributed by atoms with E-state index in [0.29, 0.717) is 11.6 Å². The molecule has 0 fully saturated rings. The Bertz CT molecular complexity index is 601.